The van der Waals surface area contributed by atoms with Crippen LogP contribution in [0.3, 0.4) is 0 Å². The first-order valence-electron chi connectivity index (χ1n) is 6.59. The van der Waals surface area contributed by atoms with Crippen molar-refractivity contribution in [3.8, 4) is 0 Å². The van der Waals surface area contributed by atoms with Crippen molar-refractivity contribution in [2.75, 3.05) is 19.1 Å². The summed E-state index contributed by atoms with van der Waals surface area (Å²) < 4.78 is 0. The van der Waals surface area contributed by atoms with Crippen molar-refractivity contribution in [3.63, 3.8) is 0 Å². The van der Waals surface area contributed by atoms with E-state index >= 15 is 0 Å². The maximum absolute atomic E-state index is 10.2. The molecule has 0 aromatic rings. The molecule has 1 aliphatic rings. The Labute approximate surface area is 105 Å². The number of aliphatic hydroxyl groups is 1. The molecular formula is C13H27NOS. The standard InChI is InChI=1S/C13H27NOS/c1-4-11(10-16-3)14(2)12-8-6-5-7-9-13(12)15/h11-13,15H,4-10H2,1-3H3. The number of rotatable bonds is 5. The minimum Gasteiger partial charge on any atom is -0.391 e. The Kier molecular flexibility index (Phi) is 6.78. The summed E-state index contributed by atoms with van der Waals surface area (Å²) in [6, 6.07) is 1.01. The summed E-state index contributed by atoms with van der Waals surface area (Å²) in [7, 11) is 2.20. The molecule has 0 spiro atoms. The van der Waals surface area contributed by atoms with Crippen LogP contribution in [0.25, 0.3) is 0 Å². The van der Waals surface area contributed by atoms with Crippen LogP contribution in [0.1, 0.15) is 45.4 Å². The van der Waals surface area contributed by atoms with E-state index in [-0.39, 0.29) is 6.10 Å². The van der Waals surface area contributed by atoms with E-state index in [1.165, 1.54) is 37.9 Å². The first-order chi connectivity index (χ1) is 7.70. The van der Waals surface area contributed by atoms with Crippen molar-refractivity contribution in [2.24, 2.45) is 0 Å². The number of hydrogen-bond donors (Lipinski definition) is 1. The van der Waals surface area contributed by atoms with Gasteiger partial charge in [0.1, 0.15) is 0 Å². The zero-order valence-corrected chi connectivity index (χ0v) is 11.8. The topological polar surface area (TPSA) is 23.5 Å². The molecule has 0 radical (unpaired) electrons. The molecule has 1 aliphatic carbocycles. The number of likely N-dealkylation sites (N-methyl/N-ethyl adjacent to an activating group) is 1. The largest absolute Gasteiger partial charge is 0.391 e. The maximum atomic E-state index is 10.2. The second kappa shape index (κ2) is 7.57. The van der Waals surface area contributed by atoms with E-state index in [1.807, 2.05) is 11.8 Å². The molecule has 0 heterocycles. The summed E-state index contributed by atoms with van der Waals surface area (Å²) in [5.41, 5.74) is 0. The Hall–Kier alpha value is 0.270. The van der Waals surface area contributed by atoms with E-state index in [2.05, 4.69) is 25.1 Å². The highest BCUT2D eigenvalue weighted by Crippen LogP contribution is 2.24. The van der Waals surface area contributed by atoms with Gasteiger partial charge >= 0.3 is 0 Å². The maximum Gasteiger partial charge on any atom is 0.0695 e. The van der Waals surface area contributed by atoms with E-state index in [1.54, 1.807) is 0 Å². The summed E-state index contributed by atoms with van der Waals surface area (Å²) in [6.07, 6.45) is 9.17. The van der Waals surface area contributed by atoms with Crippen LogP contribution in [0.2, 0.25) is 0 Å². The second-order valence-electron chi connectivity index (χ2n) is 4.96. The second-order valence-corrected chi connectivity index (χ2v) is 5.87. The van der Waals surface area contributed by atoms with E-state index in [0.29, 0.717) is 12.1 Å². The van der Waals surface area contributed by atoms with E-state index in [0.717, 1.165) is 6.42 Å². The average molecular weight is 245 g/mol. The van der Waals surface area contributed by atoms with Gasteiger partial charge in [0, 0.05) is 17.8 Å². The molecule has 96 valence electrons. The smallest absolute Gasteiger partial charge is 0.0695 e. The fourth-order valence-corrected chi connectivity index (χ4v) is 3.59. The number of aliphatic hydroxyl groups excluding tert-OH is 1. The highest BCUT2D eigenvalue weighted by Gasteiger charge is 2.28. The molecule has 16 heavy (non-hydrogen) atoms. The lowest BCUT2D eigenvalue weighted by atomic mass is 10.0. The summed E-state index contributed by atoms with van der Waals surface area (Å²) >= 11 is 1.91. The van der Waals surface area contributed by atoms with Gasteiger partial charge in [-0.1, -0.05) is 26.2 Å². The Bertz CT molecular complexity index is 189. The van der Waals surface area contributed by atoms with Crippen LogP contribution >= 0.6 is 11.8 Å². The highest BCUT2D eigenvalue weighted by atomic mass is 32.2. The zero-order chi connectivity index (χ0) is 12.0. The molecule has 3 unspecified atom stereocenters. The summed E-state index contributed by atoms with van der Waals surface area (Å²) in [5.74, 6) is 1.18. The van der Waals surface area contributed by atoms with Crippen LogP contribution in [0.15, 0.2) is 0 Å². The predicted molar refractivity (Wildman–Crippen MR) is 73.1 cm³/mol. The van der Waals surface area contributed by atoms with Crippen molar-refractivity contribution in [3.05, 3.63) is 0 Å². The molecule has 0 saturated heterocycles. The molecule has 3 atom stereocenters. The minimum atomic E-state index is -0.108. The van der Waals surface area contributed by atoms with E-state index in [9.17, 15) is 5.11 Å². The summed E-state index contributed by atoms with van der Waals surface area (Å²) in [6.45, 7) is 2.25. The van der Waals surface area contributed by atoms with Crippen LogP contribution < -0.4 is 0 Å². The summed E-state index contributed by atoms with van der Waals surface area (Å²) in [5, 5.41) is 10.2. The molecule has 3 heteroatoms. The third-order valence-corrected chi connectivity index (χ3v) is 4.59. The molecule has 0 bridgehead atoms. The Morgan fingerprint density at radius 2 is 2.00 bits per heavy atom. The van der Waals surface area contributed by atoms with E-state index < -0.39 is 0 Å². The quantitative estimate of drug-likeness (QED) is 0.753. The van der Waals surface area contributed by atoms with Crippen LogP contribution in [0, 0.1) is 0 Å². The predicted octanol–water partition coefficient (Wildman–Crippen LogP) is 2.75. The van der Waals surface area contributed by atoms with Gasteiger partial charge in [0.25, 0.3) is 0 Å². The molecular weight excluding hydrogens is 218 g/mol. The lowest BCUT2D eigenvalue weighted by Crippen LogP contribution is -2.47. The number of thioether (sulfide) groups is 1. The monoisotopic (exact) mass is 245 g/mol. The van der Waals surface area contributed by atoms with Crippen LogP contribution in [-0.2, 0) is 0 Å². The van der Waals surface area contributed by atoms with Crippen molar-refractivity contribution in [2.45, 2.75) is 63.6 Å². The van der Waals surface area contributed by atoms with Crippen LogP contribution in [0.5, 0.6) is 0 Å². The van der Waals surface area contributed by atoms with Crippen molar-refractivity contribution in [1.29, 1.82) is 0 Å². The van der Waals surface area contributed by atoms with Crippen LogP contribution in [0.4, 0.5) is 0 Å². The molecule has 1 rings (SSSR count). The molecule has 1 saturated carbocycles. The lowest BCUT2D eigenvalue weighted by Gasteiger charge is -2.36. The highest BCUT2D eigenvalue weighted by molar-refractivity contribution is 7.98. The van der Waals surface area contributed by atoms with Gasteiger partial charge in [0.15, 0.2) is 0 Å². The van der Waals surface area contributed by atoms with Gasteiger partial charge in [-0.3, -0.25) is 4.90 Å². The van der Waals surface area contributed by atoms with Crippen molar-refractivity contribution in [1.82, 2.24) is 4.90 Å². The first-order valence-corrected chi connectivity index (χ1v) is 7.99. The third kappa shape index (κ3) is 3.94. The van der Waals surface area contributed by atoms with Gasteiger partial charge in [-0.05, 0) is 32.6 Å². The zero-order valence-electron chi connectivity index (χ0n) is 11.0. The fraction of sp³-hybridized carbons (Fsp3) is 1.00. The Morgan fingerprint density at radius 1 is 1.31 bits per heavy atom. The van der Waals surface area contributed by atoms with Crippen molar-refractivity contribution >= 4 is 11.8 Å². The van der Waals surface area contributed by atoms with E-state index in [4.69, 9.17) is 0 Å². The minimum absolute atomic E-state index is 0.108. The molecule has 1 N–H and O–H groups in total. The average Bonchev–Trinajstić information content (AvgIpc) is 2.50. The van der Waals surface area contributed by atoms with Crippen LogP contribution in [-0.4, -0.2) is 47.3 Å². The molecule has 1 fully saturated rings. The van der Waals surface area contributed by atoms with Gasteiger partial charge in [0.05, 0.1) is 6.10 Å². The number of hydrogen-bond acceptors (Lipinski definition) is 3. The lowest BCUT2D eigenvalue weighted by molar-refractivity contribution is 0.0398. The first kappa shape index (κ1) is 14.3. The number of nitrogens with zero attached hydrogens (tertiary/aromatic N) is 1. The summed E-state index contributed by atoms with van der Waals surface area (Å²) in [4.78, 5) is 2.44. The normalized spacial score (nSPS) is 29.1. The molecule has 0 aromatic heterocycles. The van der Waals surface area contributed by atoms with Gasteiger partial charge < -0.3 is 5.11 Å². The Balaban J connectivity index is 2.57. The van der Waals surface area contributed by atoms with Gasteiger partial charge in [0.2, 0.25) is 0 Å². The molecule has 0 aliphatic heterocycles. The van der Waals surface area contributed by atoms with Gasteiger partial charge in [-0.2, -0.15) is 11.8 Å². The van der Waals surface area contributed by atoms with Gasteiger partial charge in [-0.15, -0.1) is 0 Å². The third-order valence-electron chi connectivity index (χ3n) is 3.87. The van der Waals surface area contributed by atoms with Crippen molar-refractivity contribution < 1.29 is 5.11 Å². The SMILES string of the molecule is CCC(CSC)N(C)C1CCCCCC1O. The molecule has 0 aromatic carbocycles. The fourth-order valence-electron chi connectivity index (χ4n) is 2.73. The van der Waals surface area contributed by atoms with Gasteiger partial charge in [-0.25, -0.2) is 0 Å². The molecule has 2 nitrogen and oxygen atoms in total. The Morgan fingerprint density at radius 3 is 2.62 bits per heavy atom. The molecule has 0 amide bonds.